The summed E-state index contributed by atoms with van der Waals surface area (Å²) in [5.74, 6) is 0.828. The third-order valence-electron chi connectivity index (χ3n) is 3.94. The number of carbonyl (C=O) groups excluding carboxylic acids is 1. The lowest BCUT2D eigenvalue weighted by molar-refractivity contribution is -0.125. The minimum atomic E-state index is -0.0727. The number of hydrogen-bond acceptors (Lipinski definition) is 4. The molecule has 5 nitrogen and oxygen atoms in total. The van der Waals surface area contributed by atoms with Gasteiger partial charge in [0.25, 0.3) is 0 Å². The number of carbonyl (C=O) groups is 1. The van der Waals surface area contributed by atoms with Crippen LogP contribution in [0.5, 0.6) is 5.75 Å². The van der Waals surface area contributed by atoms with Gasteiger partial charge in [0, 0.05) is 26.1 Å². The van der Waals surface area contributed by atoms with E-state index in [-0.39, 0.29) is 24.0 Å². The van der Waals surface area contributed by atoms with Gasteiger partial charge in [-0.2, -0.15) is 0 Å². The van der Waals surface area contributed by atoms with Crippen LogP contribution in [-0.2, 0) is 16.0 Å². The van der Waals surface area contributed by atoms with Crippen LogP contribution in [0.1, 0.15) is 12.5 Å². The first-order chi connectivity index (χ1) is 10.1. The minimum Gasteiger partial charge on any atom is -0.497 e. The second-order valence-electron chi connectivity index (χ2n) is 5.50. The lowest BCUT2D eigenvalue weighted by Gasteiger charge is -2.21. The summed E-state index contributed by atoms with van der Waals surface area (Å²) in [4.78, 5) is 12.3. The van der Waals surface area contributed by atoms with Crippen molar-refractivity contribution >= 4 is 5.91 Å². The summed E-state index contributed by atoms with van der Waals surface area (Å²) in [6.45, 7) is 3.50. The van der Waals surface area contributed by atoms with E-state index < -0.39 is 0 Å². The molecule has 2 rings (SSSR count). The smallest absolute Gasteiger partial charge is 0.223 e. The Labute approximate surface area is 126 Å². The largest absolute Gasteiger partial charge is 0.497 e. The Kier molecular flexibility index (Phi) is 5.59. The third-order valence-corrected chi connectivity index (χ3v) is 3.94. The maximum Gasteiger partial charge on any atom is 0.223 e. The van der Waals surface area contributed by atoms with Crippen molar-refractivity contribution in [2.24, 2.45) is 5.92 Å². The van der Waals surface area contributed by atoms with Gasteiger partial charge in [0.2, 0.25) is 5.91 Å². The van der Waals surface area contributed by atoms with Crippen LogP contribution >= 0.6 is 0 Å². The molecular weight excluding hydrogens is 268 g/mol. The minimum absolute atomic E-state index is 0.0563. The van der Waals surface area contributed by atoms with Gasteiger partial charge in [-0.15, -0.1) is 0 Å². The van der Waals surface area contributed by atoms with Crippen molar-refractivity contribution in [2.45, 2.75) is 25.5 Å². The maximum atomic E-state index is 12.3. The molecule has 1 aromatic rings. The molecule has 21 heavy (non-hydrogen) atoms. The maximum absolute atomic E-state index is 12.3. The zero-order valence-corrected chi connectivity index (χ0v) is 12.9. The van der Waals surface area contributed by atoms with Crippen molar-refractivity contribution in [3.8, 4) is 5.75 Å². The van der Waals surface area contributed by atoms with E-state index in [1.165, 1.54) is 0 Å². The average molecular weight is 292 g/mol. The van der Waals surface area contributed by atoms with E-state index in [0.29, 0.717) is 6.42 Å². The molecule has 1 aliphatic rings. The van der Waals surface area contributed by atoms with Crippen LogP contribution in [0.15, 0.2) is 24.3 Å². The van der Waals surface area contributed by atoms with Crippen LogP contribution in [0.4, 0.5) is 0 Å². The normalized spacial score (nSPS) is 22.8. The fraction of sp³-hybridized carbons (Fsp3) is 0.562. The van der Waals surface area contributed by atoms with Crippen LogP contribution in [0.25, 0.3) is 0 Å². The third kappa shape index (κ3) is 4.19. The van der Waals surface area contributed by atoms with Crippen LogP contribution < -0.4 is 15.4 Å². The summed E-state index contributed by atoms with van der Waals surface area (Å²) in [6, 6.07) is 7.89. The number of methoxy groups -OCH3 is 2. The van der Waals surface area contributed by atoms with Crippen molar-refractivity contribution in [3.05, 3.63) is 29.8 Å². The first-order valence-electron chi connectivity index (χ1n) is 7.31. The summed E-state index contributed by atoms with van der Waals surface area (Å²) in [5, 5.41) is 6.30. The highest BCUT2D eigenvalue weighted by Crippen LogP contribution is 2.15. The molecule has 1 fully saturated rings. The number of ether oxygens (including phenoxy) is 2. The lowest BCUT2D eigenvalue weighted by Crippen LogP contribution is -2.45. The van der Waals surface area contributed by atoms with E-state index in [1.54, 1.807) is 14.2 Å². The quantitative estimate of drug-likeness (QED) is 0.820. The van der Waals surface area contributed by atoms with Gasteiger partial charge in [0.15, 0.2) is 0 Å². The first kappa shape index (κ1) is 15.8. The fourth-order valence-corrected chi connectivity index (χ4v) is 2.58. The molecule has 1 aliphatic heterocycles. The summed E-state index contributed by atoms with van der Waals surface area (Å²) in [5.41, 5.74) is 1.13. The van der Waals surface area contributed by atoms with Crippen molar-refractivity contribution in [3.63, 3.8) is 0 Å². The van der Waals surface area contributed by atoms with E-state index in [4.69, 9.17) is 9.47 Å². The number of hydrogen-bond donors (Lipinski definition) is 2. The van der Waals surface area contributed by atoms with Crippen molar-refractivity contribution in [1.82, 2.24) is 10.6 Å². The Morgan fingerprint density at radius 3 is 2.67 bits per heavy atom. The second kappa shape index (κ2) is 7.43. The van der Waals surface area contributed by atoms with E-state index in [1.807, 2.05) is 31.2 Å². The Morgan fingerprint density at radius 1 is 1.33 bits per heavy atom. The highest BCUT2D eigenvalue weighted by molar-refractivity contribution is 5.79. The van der Waals surface area contributed by atoms with Gasteiger partial charge in [-0.25, -0.2) is 0 Å². The molecule has 1 aromatic carbocycles. The van der Waals surface area contributed by atoms with E-state index >= 15 is 0 Å². The zero-order chi connectivity index (χ0) is 15.2. The molecule has 1 heterocycles. The molecule has 0 unspecified atom stereocenters. The van der Waals surface area contributed by atoms with Gasteiger partial charge in [0.05, 0.1) is 19.3 Å². The van der Waals surface area contributed by atoms with Crippen LogP contribution in [0.3, 0.4) is 0 Å². The predicted molar refractivity (Wildman–Crippen MR) is 81.5 cm³/mol. The number of benzene rings is 1. The molecule has 0 radical (unpaired) electrons. The summed E-state index contributed by atoms with van der Waals surface area (Å²) in [7, 11) is 3.32. The van der Waals surface area contributed by atoms with E-state index in [0.717, 1.165) is 24.4 Å². The second-order valence-corrected chi connectivity index (χ2v) is 5.50. The number of nitrogens with one attached hydrogen (secondary N) is 2. The van der Waals surface area contributed by atoms with Crippen molar-refractivity contribution in [2.75, 3.05) is 27.3 Å². The van der Waals surface area contributed by atoms with Crippen molar-refractivity contribution < 1.29 is 14.3 Å². The molecule has 0 aliphatic carbocycles. The molecule has 3 atom stereocenters. The number of amides is 1. The van der Waals surface area contributed by atoms with E-state index in [9.17, 15) is 4.79 Å². The molecule has 0 bridgehead atoms. The van der Waals surface area contributed by atoms with Gasteiger partial charge in [0.1, 0.15) is 5.75 Å². The monoisotopic (exact) mass is 292 g/mol. The van der Waals surface area contributed by atoms with Gasteiger partial charge in [-0.1, -0.05) is 19.1 Å². The Balaban J connectivity index is 1.86. The molecule has 2 N–H and O–H groups in total. The fourth-order valence-electron chi connectivity index (χ4n) is 2.58. The lowest BCUT2D eigenvalue weighted by atomic mass is 9.99. The van der Waals surface area contributed by atoms with Gasteiger partial charge < -0.3 is 20.1 Å². The van der Waals surface area contributed by atoms with Gasteiger partial charge in [-0.3, -0.25) is 4.79 Å². The molecule has 5 heteroatoms. The Hall–Kier alpha value is -1.59. The number of rotatable bonds is 6. The zero-order valence-electron chi connectivity index (χ0n) is 12.9. The summed E-state index contributed by atoms with van der Waals surface area (Å²) < 4.78 is 10.5. The van der Waals surface area contributed by atoms with Crippen molar-refractivity contribution in [1.29, 1.82) is 0 Å². The SMILES string of the molecule is COc1ccc(C[C@H](C)C(=O)N[C@H]2CNC[C@@H]2OC)cc1. The highest BCUT2D eigenvalue weighted by atomic mass is 16.5. The highest BCUT2D eigenvalue weighted by Gasteiger charge is 2.29. The average Bonchev–Trinajstić information content (AvgIpc) is 2.95. The van der Waals surface area contributed by atoms with E-state index in [2.05, 4.69) is 10.6 Å². The topological polar surface area (TPSA) is 59.6 Å². The Morgan fingerprint density at radius 2 is 2.05 bits per heavy atom. The molecule has 116 valence electrons. The summed E-state index contributed by atoms with van der Waals surface area (Å²) >= 11 is 0. The molecular formula is C16H24N2O3. The first-order valence-corrected chi connectivity index (χ1v) is 7.31. The molecule has 1 saturated heterocycles. The summed E-state index contributed by atoms with van der Waals surface area (Å²) in [6.07, 6.45) is 0.773. The predicted octanol–water partition coefficient (Wildman–Crippen LogP) is 0.977. The van der Waals surface area contributed by atoms with Crippen LogP contribution in [0, 0.1) is 5.92 Å². The molecule has 0 spiro atoms. The Bertz CT molecular complexity index is 461. The van der Waals surface area contributed by atoms with Crippen LogP contribution in [0.2, 0.25) is 0 Å². The molecule has 0 aromatic heterocycles. The van der Waals surface area contributed by atoms with Gasteiger partial charge >= 0.3 is 0 Å². The van der Waals surface area contributed by atoms with Crippen LogP contribution in [-0.4, -0.2) is 45.4 Å². The molecule has 0 saturated carbocycles. The standard InChI is InChI=1S/C16H24N2O3/c1-11(8-12-4-6-13(20-2)7-5-12)16(19)18-14-9-17-10-15(14)21-3/h4-7,11,14-15,17H,8-10H2,1-3H3,(H,18,19)/t11-,14-,15-/m0/s1. The molecule has 1 amide bonds. The van der Waals surface area contributed by atoms with Gasteiger partial charge in [-0.05, 0) is 24.1 Å².